The molecule has 1 aliphatic carbocycles. The minimum Gasteiger partial charge on any atom is -0.303 e. The van der Waals surface area contributed by atoms with E-state index in [1.807, 2.05) is 36.4 Å². The lowest BCUT2D eigenvalue weighted by Gasteiger charge is -2.31. The second kappa shape index (κ2) is 8.41. The fourth-order valence-corrected chi connectivity index (χ4v) is 6.59. The Morgan fingerprint density at radius 1 is 0.931 bits per heavy atom. The SMILES string of the molecule is O=C(c1ccccc1)C1CCN(CCCC2(S(=O)(=O)c3ccccc3)CC2)CC1. The first-order valence-corrected chi connectivity index (χ1v) is 12.1. The van der Waals surface area contributed by atoms with E-state index in [1.54, 1.807) is 24.3 Å². The first-order chi connectivity index (χ1) is 14.0. The monoisotopic (exact) mass is 411 g/mol. The van der Waals surface area contributed by atoms with Gasteiger partial charge in [-0.25, -0.2) is 8.42 Å². The standard InChI is InChI=1S/C24H29NO3S/c26-23(20-8-3-1-4-9-20)21-12-18-25(19-13-21)17-7-14-24(15-16-24)29(27,28)22-10-5-2-6-11-22/h1-6,8-11,21H,7,12-19H2. The molecule has 0 aromatic heterocycles. The summed E-state index contributed by atoms with van der Waals surface area (Å²) >= 11 is 0. The van der Waals surface area contributed by atoms with Gasteiger partial charge >= 0.3 is 0 Å². The number of ketones is 1. The van der Waals surface area contributed by atoms with Crippen LogP contribution in [-0.2, 0) is 9.84 Å². The van der Waals surface area contributed by atoms with Crippen LogP contribution in [-0.4, -0.2) is 43.5 Å². The van der Waals surface area contributed by atoms with Crippen molar-refractivity contribution in [1.82, 2.24) is 4.90 Å². The average Bonchev–Trinajstić information content (AvgIpc) is 3.57. The number of carbonyl (C=O) groups excluding carboxylic acids is 1. The molecule has 0 N–H and O–H groups in total. The summed E-state index contributed by atoms with van der Waals surface area (Å²) < 4.78 is 25.5. The number of benzene rings is 2. The summed E-state index contributed by atoms with van der Waals surface area (Å²) in [5, 5.41) is 0. The van der Waals surface area contributed by atoms with Crippen LogP contribution in [0.25, 0.3) is 0 Å². The third-order valence-corrected chi connectivity index (χ3v) is 9.20. The molecule has 4 rings (SSSR count). The van der Waals surface area contributed by atoms with Gasteiger partial charge in [0.1, 0.15) is 0 Å². The molecule has 1 heterocycles. The van der Waals surface area contributed by atoms with Crippen molar-refractivity contribution < 1.29 is 13.2 Å². The minimum atomic E-state index is -3.24. The van der Waals surface area contributed by atoms with Crippen molar-refractivity contribution in [3.8, 4) is 0 Å². The predicted octanol–water partition coefficient (Wildman–Crippen LogP) is 4.37. The van der Waals surface area contributed by atoms with Gasteiger partial charge in [0.05, 0.1) is 9.64 Å². The Bertz CT molecular complexity index is 929. The first-order valence-electron chi connectivity index (χ1n) is 10.6. The van der Waals surface area contributed by atoms with Gasteiger partial charge in [-0.1, -0.05) is 48.5 Å². The zero-order valence-electron chi connectivity index (χ0n) is 16.8. The van der Waals surface area contributed by atoms with E-state index < -0.39 is 14.6 Å². The number of hydrogen-bond donors (Lipinski definition) is 0. The van der Waals surface area contributed by atoms with Crippen molar-refractivity contribution in [1.29, 1.82) is 0 Å². The highest BCUT2D eigenvalue weighted by molar-refractivity contribution is 7.93. The highest BCUT2D eigenvalue weighted by atomic mass is 32.2. The van der Waals surface area contributed by atoms with Crippen LogP contribution < -0.4 is 0 Å². The van der Waals surface area contributed by atoms with E-state index in [-0.39, 0.29) is 11.7 Å². The molecule has 0 bridgehead atoms. The second-order valence-electron chi connectivity index (χ2n) is 8.45. The van der Waals surface area contributed by atoms with E-state index in [0.29, 0.717) is 4.90 Å². The number of rotatable bonds is 8. The molecular formula is C24H29NO3S. The van der Waals surface area contributed by atoms with Crippen molar-refractivity contribution in [3.63, 3.8) is 0 Å². The number of carbonyl (C=O) groups is 1. The molecule has 0 atom stereocenters. The fraction of sp³-hybridized carbons (Fsp3) is 0.458. The Balaban J connectivity index is 1.26. The van der Waals surface area contributed by atoms with Crippen molar-refractivity contribution in [3.05, 3.63) is 66.2 Å². The summed E-state index contributed by atoms with van der Waals surface area (Å²) in [6, 6.07) is 18.4. The van der Waals surface area contributed by atoms with Gasteiger partial charge in [0.2, 0.25) is 0 Å². The quantitative estimate of drug-likeness (QED) is 0.606. The van der Waals surface area contributed by atoms with E-state index >= 15 is 0 Å². The molecule has 154 valence electrons. The number of sulfone groups is 1. The van der Waals surface area contributed by atoms with Crippen LogP contribution in [0.5, 0.6) is 0 Å². The molecule has 1 saturated heterocycles. The Morgan fingerprint density at radius 3 is 2.10 bits per heavy atom. The van der Waals surface area contributed by atoms with Gasteiger partial charge in [0.15, 0.2) is 15.6 Å². The Kier molecular flexibility index (Phi) is 5.88. The molecule has 2 aliphatic rings. The van der Waals surface area contributed by atoms with E-state index in [0.717, 1.165) is 63.7 Å². The highest BCUT2D eigenvalue weighted by Crippen LogP contribution is 2.50. The maximum Gasteiger partial charge on any atom is 0.184 e. The molecule has 29 heavy (non-hydrogen) atoms. The summed E-state index contributed by atoms with van der Waals surface area (Å²) in [5.74, 6) is 0.373. The Labute approximate surface area is 173 Å². The molecule has 1 saturated carbocycles. The summed E-state index contributed by atoms with van der Waals surface area (Å²) in [6.45, 7) is 2.75. The van der Waals surface area contributed by atoms with Crippen LogP contribution in [0, 0.1) is 5.92 Å². The molecule has 0 radical (unpaired) electrons. The van der Waals surface area contributed by atoms with Crippen molar-refractivity contribution in [2.75, 3.05) is 19.6 Å². The third kappa shape index (κ3) is 4.31. The fourth-order valence-electron chi connectivity index (χ4n) is 4.52. The van der Waals surface area contributed by atoms with Gasteiger partial charge in [-0.05, 0) is 70.3 Å². The van der Waals surface area contributed by atoms with Crippen LogP contribution in [0.15, 0.2) is 65.6 Å². The maximum atomic E-state index is 13.0. The number of hydrogen-bond acceptors (Lipinski definition) is 4. The smallest absolute Gasteiger partial charge is 0.184 e. The van der Waals surface area contributed by atoms with Gasteiger partial charge in [-0.15, -0.1) is 0 Å². The molecule has 5 heteroatoms. The average molecular weight is 412 g/mol. The maximum absolute atomic E-state index is 13.0. The molecule has 2 aromatic rings. The number of Topliss-reactive ketones (excluding diaryl/α,β-unsaturated/α-hetero) is 1. The Hall–Kier alpha value is -1.98. The number of piperidine rings is 1. The normalized spacial score (nSPS) is 19.7. The first kappa shape index (κ1) is 20.3. The zero-order valence-corrected chi connectivity index (χ0v) is 17.6. The van der Waals surface area contributed by atoms with Crippen LogP contribution in [0.2, 0.25) is 0 Å². The number of likely N-dealkylation sites (tertiary alicyclic amines) is 1. The molecule has 1 aliphatic heterocycles. The van der Waals surface area contributed by atoms with E-state index in [4.69, 9.17) is 0 Å². The lowest BCUT2D eigenvalue weighted by molar-refractivity contribution is 0.0839. The largest absolute Gasteiger partial charge is 0.303 e. The molecule has 2 aromatic carbocycles. The van der Waals surface area contributed by atoms with Crippen LogP contribution in [0.4, 0.5) is 0 Å². The van der Waals surface area contributed by atoms with Crippen LogP contribution in [0.3, 0.4) is 0 Å². The topological polar surface area (TPSA) is 54.5 Å². The van der Waals surface area contributed by atoms with Gasteiger partial charge in [0, 0.05) is 11.5 Å². The lowest BCUT2D eigenvalue weighted by atomic mass is 9.89. The minimum absolute atomic E-state index is 0.113. The van der Waals surface area contributed by atoms with Crippen molar-refractivity contribution in [2.45, 2.75) is 48.2 Å². The predicted molar refractivity (Wildman–Crippen MR) is 115 cm³/mol. The lowest BCUT2D eigenvalue weighted by Crippen LogP contribution is -2.37. The summed E-state index contributed by atoms with van der Waals surface area (Å²) in [6.07, 6.45) is 4.95. The molecular weight excluding hydrogens is 382 g/mol. The molecule has 0 spiro atoms. The van der Waals surface area contributed by atoms with Crippen LogP contribution in [0.1, 0.15) is 48.9 Å². The summed E-state index contributed by atoms with van der Waals surface area (Å²) in [7, 11) is -3.24. The Morgan fingerprint density at radius 2 is 1.52 bits per heavy atom. The van der Waals surface area contributed by atoms with Gasteiger partial charge in [-0.2, -0.15) is 0 Å². The van der Waals surface area contributed by atoms with Gasteiger partial charge in [-0.3, -0.25) is 4.79 Å². The van der Waals surface area contributed by atoms with E-state index in [2.05, 4.69) is 4.90 Å². The number of nitrogens with zero attached hydrogens (tertiary/aromatic N) is 1. The third-order valence-electron chi connectivity index (χ3n) is 6.55. The highest BCUT2D eigenvalue weighted by Gasteiger charge is 2.54. The van der Waals surface area contributed by atoms with E-state index in [9.17, 15) is 13.2 Å². The molecule has 2 fully saturated rings. The van der Waals surface area contributed by atoms with Crippen LogP contribution >= 0.6 is 0 Å². The van der Waals surface area contributed by atoms with Gasteiger partial charge in [0.25, 0.3) is 0 Å². The summed E-state index contributed by atoms with van der Waals surface area (Å²) in [4.78, 5) is 15.5. The zero-order chi connectivity index (χ0) is 20.3. The van der Waals surface area contributed by atoms with Crippen molar-refractivity contribution in [2.24, 2.45) is 5.92 Å². The molecule has 0 amide bonds. The molecule has 0 unspecified atom stereocenters. The van der Waals surface area contributed by atoms with Crippen molar-refractivity contribution >= 4 is 15.6 Å². The molecule has 4 nitrogen and oxygen atoms in total. The summed E-state index contributed by atoms with van der Waals surface area (Å²) in [5.41, 5.74) is 0.813. The van der Waals surface area contributed by atoms with Gasteiger partial charge < -0.3 is 4.90 Å². The van der Waals surface area contributed by atoms with E-state index in [1.165, 1.54) is 0 Å². The second-order valence-corrected chi connectivity index (χ2v) is 10.8.